The van der Waals surface area contributed by atoms with Gasteiger partial charge in [-0.15, -0.1) is 0 Å². The first-order valence-corrected chi connectivity index (χ1v) is 26.2. The van der Waals surface area contributed by atoms with Crippen LogP contribution in [-0.2, 0) is 73.2 Å². The van der Waals surface area contributed by atoms with Crippen molar-refractivity contribution in [3.05, 3.63) is 119 Å². The number of nitrogens with one attached hydrogen (secondary N) is 2. The fraction of sp³-hybridized carbons (Fsp3) is 0.517. The van der Waals surface area contributed by atoms with Crippen LogP contribution in [0, 0.1) is 22.7 Å². The third-order valence-electron chi connectivity index (χ3n) is 15.8. The van der Waals surface area contributed by atoms with E-state index >= 15 is 4.79 Å². The highest BCUT2D eigenvalue weighted by atomic mass is 16.6. The molecule has 3 aromatic rings. The number of alkyl carbamates (subject to hydrolysis) is 2. The van der Waals surface area contributed by atoms with Crippen LogP contribution in [0.3, 0.4) is 0 Å². The number of ether oxygens (including phenoxy) is 9. The summed E-state index contributed by atoms with van der Waals surface area (Å²) in [5.74, 6) is -7.49. The van der Waals surface area contributed by atoms with Crippen LogP contribution in [0.25, 0.3) is 0 Å². The molecule has 8 rings (SSSR count). The molecular formula is C58H68N2O19. The van der Waals surface area contributed by atoms with E-state index in [-0.39, 0.29) is 54.4 Å². The number of benzene rings is 3. The minimum absolute atomic E-state index is 0.0193. The van der Waals surface area contributed by atoms with E-state index in [1.165, 1.54) is 31.2 Å². The van der Waals surface area contributed by atoms with Crippen LogP contribution in [0.1, 0.15) is 109 Å². The van der Waals surface area contributed by atoms with Gasteiger partial charge in [-0.3, -0.25) is 14.4 Å². The van der Waals surface area contributed by atoms with Crippen LogP contribution in [0.2, 0.25) is 0 Å². The van der Waals surface area contributed by atoms with E-state index in [1.807, 2.05) is 6.07 Å². The molecule has 424 valence electrons. The second-order valence-electron chi connectivity index (χ2n) is 22.4. The summed E-state index contributed by atoms with van der Waals surface area (Å²) in [5, 5.41) is 32.1. The van der Waals surface area contributed by atoms with E-state index in [4.69, 9.17) is 42.6 Å². The lowest BCUT2D eigenvalue weighted by Gasteiger charge is -2.65. The van der Waals surface area contributed by atoms with Crippen LogP contribution in [0.15, 0.2) is 102 Å². The van der Waals surface area contributed by atoms with Gasteiger partial charge in [0.15, 0.2) is 18.3 Å². The summed E-state index contributed by atoms with van der Waals surface area (Å²) in [4.78, 5) is 109. The van der Waals surface area contributed by atoms with E-state index in [1.54, 1.807) is 102 Å². The first-order valence-electron chi connectivity index (χ1n) is 26.2. The van der Waals surface area contributed by atoms with Crippen molar-refractivity contribution in [2.75, 3.05) is 19.8 Å². The summed E-state index contributed by atoms with van der Waals surface area (Å²) in [5.41, 5.74) is -6.54. The Kier molecular flexibility index (Phi) is 16.7. The van der Waals surface area contributed by atoms with Crippen molar-refractivity contribution in [1.82, 2.24) is 10.6 Å². The average Bonchev–Trinajstić information content (AvgIpc) is 1.96. The van der Waals surface area contributed by atoms with Gasteiger partial charge in [-0.25, -0.2) is 24.0 Å². The first kappa shape index (κ1) is 57.8. The Bertz CT molecular complexity index is 2840. The van der Waals surface area contributed by atoms with Gasteiger partial charge in [0, 0.05) is 37.6 Å². The molecule has 3 aromatic carbocycles. The topological polar surface area (TPSA) is 284 Å². The number of carbonyl (C=O) groups is 8. The number of amides is 2. The predicted octanol–water partition coefficient (Wildman–Crippen LogP) is 5.67. The molecule has 1 saturated heterocycles. The molecule has 2 amide bonds. The summed E-state index contributed by atoms with van der Waals surface area (Å²) in [6.45, 7) is 10.5. The van der Waals surface area contributed by atoms with Crippen molar-refractivity contribution >= 4 is 48.0 Å². The lowest BCUT2D eigenvalue weighted by molar-refractivity contribution is -0.335. The highest BCUT2D eigenvalue weighted by molar-refractivity contribution is 5.89. The van der Waals surface area contributed by atoms with E-state index in [0.717, 1.165) is 12.5 Å². The molecule has 5 aliphatic rings. The number of carbonyl (C=O) groups excluding carboxylic acids is 8. The highest BCUT2D eigenvalue weighted by Gasteiger charge is 2.84. The number of rotatable bonds is 17. The van der Waals surface area contributed by atoms with Crippen molar-refractivity contribution in [3.63, 3.8) is 0 Å². The molecule has 1 aliphatic heterocycles. The molecule has 2 unspecified atom stereocenters. The molecule has 4 aliphatic carbocycles. The SMILES string of the molecule is CC(=O)O[C@@H]1C2=C(C)C(OC(=O)[C@H](OC(=O)COC(=O)CCNC(=O)OCc3ccccc3)[C@@H](NC(=O)OC(C)(C)C)c3ccccc3)C[C@@](O)([C@@H](OC(=O)c3ccccc3)[C@@H]3[C@]4(OC(C)=O)CO[C@@H]4C[C@@H]4C[C@@]43C1O)C2(C)C. The zero-order valence-corrected chi connectivity index (χ0v) is 45.3. The van der Waals surface area contributed by atoms with Gasteiger partial charge < -0.3 is 63.5 Å². The smallest absolute Gasteiger partial charge is 0.408 e. The molecule has 4 fully saturated rings. The second kappa shape index (κ2) is 22.8. The number of hydrogen-bond acceptors (Lipinski definition) is 19. The Balaban J connectivity index is 1.15. The quantitative estimate of drug-likeness (QED) is 0.0719. The van der Waals surface area contributed by atoms with E-state index in [0.29, 0.717) is 6.42 Å². The van der Waals surface area contributed by atoms with Crippen molar-refractivity contribution in [2.45, 2.75) is 147 Å². The molecule has 21 nitrogen and oxygen atoms in total. The van der Waals surface area contributed by atoms with Crippen molar-refractivity contribution in [3.8, 4) is 0 Å². The minimum atomic E-state index is -2.35. The van der Waals surface area contributed by atoms with Crippen molar-refractivity contribution < 1.29 is 91.2 Å². The minimum Gasteiger partial charge on any atom is -0.455 e. The summed E-state index contributed by atoms with van der Waals surface area (Å²) in [6, 6.07) is 23.2. The van der Waals surface area contributed by atoms with Gasteiger partial charge in [0.05, 0.1) is 24.5 Å². The Labute approximate surface area is 456 Å². The van der Waals surface area contributed by atoms with Gasteiger partial charge in [0.2, 0.25) is 6.10 Å². The normalized spacial score (nSPS) is 28.7. The monoisotopic (exact) mass is 1100 g/mol. The number of esters is 6. The number of fused-ring (bicyclic) bond motifs is 4. The maximum Gasteiger partial charge on any atom is 0.408 e. The van der Waals surface area contributed by atoms with Crippen LogP contribution in [0.5, 0.6) is 0 Å². The van der Waals surface area contributed by atoms with Crippen LogP contribution in [-0.4, -0.2) is 131 Å². The largest absolute Gasteiger partial charge is 0.455 e. The molecule has 79 heavy (non-hydrogen) atoms. The highest BCUT2D eigenvalue weighted by Crippen LogP contribution is 2.76. The molecule has 12 atom stereocenters. The maximum atomic E-state index is 15.3. The third-order valence-corrected chi connectivity index (χ3v) is 15.8. The van der Waals surface area contributed by atoms with Gasteiger partial charge in [0.25, 0.3) is 0 Å². The number of aliphatic hydroxyl groups excluding tert-OH is 1. The molecular weight excluding hydrogens is 1030 g/mol. The average molecular weight is 1100 g/mol. The zero-order valence-electron chi connectivity index (χ0n) is 45.3. The van der Waals surface area contributed by atoms with Gasteiger partial charge in [-0.1, -0.05) is 92.7 Å². The van der Waals surface area contributed by atoms with Crippen molar-refractivity contribution in [1.29, 1.82) is 0 Å². The zero-order chi connectivity index (χ0) is 57.2. The fourth-order valence-corrected chi connectivity index (χ4v) is 12.2. The summed E-state index contributed by atoms with van der Waals surface area (Å²) in [7, 11) is 0. The fourth-order valence-electron chi connectivity index (χ4n) is 12.2. The van der Waals surface area contributed by atoms with Gasteiger partial charge in [0.1, 0.15) is 48.3 Å². The van der Waals surface area contributed by atoms with Crippen LogP contribution >= 0.6 is 0 Å². The Hall–Kier alpha value is -7.36. The van der Waals surface area contributed by atoms with Crippen LogP contribution in [0.4, 0.5) is 9.59 Å². The van der Waals surface area contributed by atoms with Crippen molar-refractivity contribution in [2.24, 2.45) is 22.7 Å². The Morgan fingerprint density at radius 3 is 2.05 bits per heavy atom. The summed E-state index contributed by atoms with van der Waals surface area (Å²) >= 11 is 0. The second-order valence-corrected chi connectivity index (χ2v) is 22.4. The first-order chi connectivity index (χ1) is 37.3. The lowest BCUT2D eigenvalue weighted by atomic mass is 9.48. The summed E-state index contributed by atoms with van der Waals surface area (Å²) < 4.78 is 53.1. The van der Waals surface area contributed by atoms with Gasteiger partial charge in [-0.05, 0) is 80.9 Å². The molecule has 0 aromatic heterocycles. The molecule has 2 bridgehead atoms. The standard InChI is InChI=1S/C58H68N2O19/c1-32-39(75-51(67)46(44(36-20-14-10-15-21-36)60-53(69)79-54(4,5)6)76-42(64)30-71-41(63)24-25-59-52(68)72-29-35-18-12-9-13-19-35)28-58(70)49(77-50(66)37-22-16-11-17-23-37)47-56(48(65)45(74-33(2)61)43(32)55(58,7)8)27-38(56)26-40-57(47,31-73-40)78-34(3)62/h9-23,38-40,44-49,65,70H,24-31H2,1-8H3,(H,59,68)(H,60,69)/t38-,39?,40-,44+,45-,46-,47+,48?,49+,56-,57+,58-/m1/s1. The van der Waals surface area contributed by atoms with E-state index in [2.05, 4.69) is 10.6 Å². The molecule has 1 spiro atoms. The van der Waals surface area contributed by atoms with E-state index in [9.17, 15) is 43.8 Å². The number of hydrogen-bond donors (Lipinski definition) is 4. The Morgan fingerprint density at radius 2 is 1.44 bits per heavy atom. The van der Waals surface area contributed by atoms with Gasteiger partial charge in [-0.2, -0.15) is 0 Å². The van der Waals surface area contributed by atoms with Gasteiger partial charge >= 0.3 is 48.0 Å². The lowest BCUT2D eigenvalue weighted by Crippen LogP contribution is -2.78. The molecule has 1 heterocycles. The third kappa shape index (κ3) is 11.8. The maximum absolute atomic E-state index is 15.3. The summed E-state index contributed by atoms with van der Waals surface area (Å²) in [6.07, 6.45) is -11.4. The predicted molar refractivity (Wildman–Crippen MR) is 275 cm³/mol. The molecule has 21 heteroatoms. The Morgan fingerprint density at radius 1 is 0.797 bits per heavy atom. The number of aliphatic hydroxyl groups is 2. The van der Waals surface area contributed by atoms with E-state index < -0.39 is 144 Å². The molecule has 0 radical (unpaired) electrons. The molecule has 3 saturated carbocycles. The molecule has 4 N–H and O–H groups in total. The van der Waals surface area contributed by atoms with Crippen LogP contribution < -0.4 is 10.6 Å².